The Morgan fingerprint density at radius 1 is 1.33 bits per heavy atom. The minimum absolute atomic E-state index is 0.130. The van der Waals surface area contributed by atoms with Gasteiger partial charge in [0.25, 0.3) is 0 Å². The van der Waals surface area contributed by atoms with Crippen molar-refractivity contribution in [3.05, 3.63) is 77.9 Å². The number of allylic oxidation sites excluding steroid dienone is 1. The van der Waals surface area contributed by atoms with Gasteiger partial charge in [-0.05, 0) is 54.5 Å². The quantitative estimate of drug-likeness (QED) is 0.549. The molecule has 2 aromatic rings. The predicted octanol–water partition coefficient (Wildman–Crippen LogP) is 6.45. The summed E-state index contributed by atoms with van der Waals surface area (Å²) in [6.07, 6.45) is 12.5. The minimum atomic E-state index is 0.130. The van der Waals surface area contributed by atoms with Crippen molar-refractivity contribution in [3.63, 3.8) is 0 Å². The minimum Gasteiger partial charge on any atom is -0.472 e. The Labute approximate surface area is 164 Å². The van der Waals surface area contributed by atoms with Gasteiger partial charge in [-0.2, -0.15) is 0 Å². The number of likely N-dealkylation sites (N-methyl/N-ethyl adjacent to an activating group) is 1. The molecule has 1 aliphatic rings. The Bertz CT molecular complexity index is 788. The fraction of sp³-hybridized carbons (Fsp3) is 0.440. The number of benzene rings is 1. The molecule has 1 saturated carbocycles. The number of hydrogen-bond donors (Lipinski definition) is 0. The average molecular weight is 364 g/mol. The summed E-state index contributed by atoms with van der Waals surface area (Å²) in [5.41, 5.74) is 5.25. The molecule has 1 unspecified atom stereocenters. The Morgan fingerprint density at radius 2 is 2.11 bits per heavy atom. The molecule has 3 rings (SSSR count). The summed E-state index contributed by atoms with van der Waals surface area (Å²) in [6, 6.07) is 11.4. The van der Waals surface area contributed by atoms with E-state index in [1.54, 1.807) is 12.5 Å². The van der Waals surface area contributed by atoms with E-state index in [0.29, 0.717) is 12.0 Å². The Balaban J connectivity index is 1.92. The Kier molecular flexibility index (Phi) is 5.94. The Hall–Kier alpha value is -2.22. The molecule has 1 fully saturated rings. The van der Waals surface area contributed by atoms with Crippen LogP contribution in [0.15, 0.2) is 65.6 Å². The van der Waals surface area contributed by atoms with Crippen LogP contribution in [0, 0.1) is 5.92 Å². The van der Waals surface area contributed by atoms with Gasteiger partial charge < -0.3 is 9.32 Å². The maximum Gasteiger partial charge on any atom is 0.0974 e. The smallest absolute Gasteiger partial charge is 0.0974 e. The lowest BCUT2D eigenvalue weighted by Gasteiger charge is -2.51. The van der Waals surface area contributed by atoms with Crippen molar-refractivity contribution in [1.29, 1.82) is 0 Å². The first-order chi connectivity index (χ1) is 13.0. The third kappa shape index (κ3) is 3.90. The molecule has 0 aliphatic heterocycles. The number of aryl methyl sites for hydroxylation is 1. The molecular formula is C25H33NO. The van der Waals surface area contributed by atoms with E-state index in [0.717, 1.165) is 17.7 Å². The van der Waals surface area contributed by atoms with E-state index in [9.17, 15) is 0 Å². The van der Waals surface area contributed by atoms with Crippen LogP contribution in [0.25, 0.3) is 6.08 Å². The molecule has 0 spiro atoms. The molecular weight excluding hydrogens is 330 g/mol. The van der Waals surface area contributed by atoms with Gasteiger partial charge in [-0.25, -0.2) is 0 Å². The zero-order chi connectivity index (χ0) is 19.4. The molecule has 1 aromatic carbocycles. The highest BCUT2D eigenvalue weighted by Gasteiger charge is 2.44. The molecule has 0 N–H and O–H groups in total. The summed E-state index contributed by atoms with van der Waals surface area (Å²) < 4.78 is 5.16. The van der Waals surface area contributed by atoms with Crippen LogP contribution < -0.4 is 0 Å². The standard InChI is InChI=1S/C25H33NO/c1-6-22-11-7-8-12-23(22)25(4)16-9-10-19(2)24(25)26(5)20(3)13-14-21-15-17-27-18-21/h7-8,11-15,17-19,24H,3,6,9-10,16H2,1-2,4-5H3/b14-13+/t19?,24-,25-/m1/s1. The molecule has 1 aliphatic carbocycles. The van der Waals surface area contributed by atoms with E-state index in [1.165, 1.54) is 30.4 Å². The zero-order valence-corrected chi connectivity index (χ0v) is 17.2. The summed E-state index contributed by atoms with van der Waals surface area (Å²) >= 11 is 0. The molecule has 0 bridgehead atoms. The van der Waals surface area contributed by atoms with Crippen molar-refractivity contribution >= 4 is 6.08 Å². The third-order valence-electron chi connectivity index (χ3n) is 6.44. The first-order valence-electron chi connectivity index (χ1n) is 10.2. The van der Waals surface area contributed by atoms with Crippen molar-refractivity contribution in [2.24, 2.45) is 5.92 Å². The zero-order valence-electron chi connectivity index (χ0n) is 17.2. The van der Waals surface area contributed by atoms with E-state index >= 15 is 0 Å². The topological polar surface area (TPSA) is 16.4 Å². The lowest BCUT2D eigenvalue weighted by Crippen LogP contribution is -2.53. The first kappa shape index (κ1) is 19.5. The summed E-state index contributed by atoms with van der Waals surface area (Å²) in [5.74, 6) is 0.623. The molecule has 0 radical (unpaired) electrons. The van der Waals surface area contributed by atoms with Crippen LogP contribution in [-0.4, -0.2) is 18.0 Å². The number of rotatable bonds is 6. The molecule has 27 heavy (non-hydrogen) atoms. The van der Waals surface area contributed by atoms with Crippen LogP contribution in [0.2, 0.25) is 0 Å². The molecule has 0 amide bonds. The van der Waals surface area contributed by atoms with Crippen LogP contribution in [0.1, 0.15) is 56.7 Å². The van der Waals surface area contributed by atoms with Gasteiger partial charge in [-0.1, -0.05) is 58.0 Å². The van der Waals surface area contributed by atoms with E-state index in [2.05, 4.69) is 75.7 Å². The molecule has 2 heteroatoms. The van der Waals surface area contributed by atoms with Crippen LogP contribution in [0.4, 0.5) is 0 Å². The molecule has 0 saturated heterocycles. The molecule has 1 heterocycles. The highest BCUT2D eigenvalue weighted by atomic mass is 16.3. The second-order valence-corrected chi connectivity index (χ2v) is 8.23. The maximum atomic E-state index is 5.16. The van der Waals surface area contributed by atoms with E-state index in [4.69, 9.17) is 4.42 Å². The largest absolute Gasteiger partial charge is 0.472 e. The van der Waals surface area contributed by atoms with E-state index in [1.807, 2.05) is 6.07 Å². The lowest BCUT2D eigenvalue weighted by atomic mass is 9.62. The van der Waals surface area contributed by atoms with Crippen molar-refractivity contribution in [1.82, 2.24) is 4.90 Å². The summed E-state index contributed by atoms with van der Waals surface area (Å²) in [4.78, 5) is 2.41. The second-order valence-electron chi connectivity index (χ2n) is 8.23. The monoisotopic (exact) mass is 363 g/mol. The first-order valence-corrected chi connectivity index (χ1v) is 10.2. The fourth-order valence-corrected chi connectivity index (χ4v) is 5.07. The second kappa shape index (κ2) is 8.21. The van der Waals surface area contributed by atoms with E-state index in [-0.39, 0.29) is 5.41 Å². The maximum absolute atomic E-state index is 5.16. The van der Waals surface area contributed by atoms with Gasteiger partial charge in [-0.15, -0.1) is 0 Å². The van der Waals surface area contributed by atoms with Crippen molar-refractivity contribution in [3.8, 4) is 0 Å². The highest BCUT2D eigenvalue weighted by Crippen LogP contribution is 2.46. The SMILES string of the molecule is C=C(/C=C/c1ccoc1)N(C)[C@@H]1C(C)CCC[C@]1(C)c1ccccc1CC. The van der Waals surface area contributed by atoms with Gasteiger partial charge in [0.1, 0.15) is 0 Å². The van der Waals surface area contributed by atoms with E-state index < -0.39 is 0 Å². The Morgan fingerprint density at radius 3 is 2.81 bits per heavy atom. The summed E-state index contributed by atoms with van der Waals surface area (Å²) in [6.45, 7) is 11.5. The highest BCUT2D eigenvalue weighted by molar-refractivity contribution is 5.51. The lowest BCUT2D eigenvalue weighted by molar-refractivity contribution is 0.0914. The molecule has 3 atom stereocenters. The van der Waals surface area contributed by atoms with Crippen LogP contribution in [0.5, 0.6) is 0 Å². The average Bonchev–Trinajstić information content (AvgIpc) is 3.19. The molecule has 144 valence electrons. The van der Waals surface area contributed by atoms with Crippen LogP contribution in [-0.2, 0) is 11.8 Å². The van der Waals surface area contributed by atoms with Crippen molar-refractivity contribution in [2.45, 2.75) is 57.9 Å². The normalized spacial score (nSPS) is 25.6. The van der Waals surface area contributed by atoms with Crippen LogP contribution in [0.3, 0.4) is 0 Å². The number of furan rings is 1. The third-order valence-corrected chi connectivity index (χ3v) is 6.44. The summed E-state index contributed by atoms with van der Waals surface area (Å²) in [5, 5.41) is 0. The van der Waals surface area contributed by atoms with Gasteiger partial charge in [0, 0.05) is 29.8 Å². The van der Waals surface area contributed by atoms with Gasteiger partial charge in [0.05, 0.1) is 12.5 Å². The number of nitrogens with zero attached hydrogens (tertiary/aromatic N) is 1. The number of hydrogen-bond acceptors (Lipinski definition) is 2. The summed E-state index contributed by atoms with van der Waals surface area (Å²) in [7, 11) is 2.21. The van der Waals surface area contributed by atoms with Crippen molar-refractivity contribution in [2.75, 3.05) is 7.05 Å². The van der Waals surface area contributed by atoms with Gasteiger partial charge >= 0.3 is 0 Å². The van der Waals surface area contributed by atoms with Crippen LogP contribution >= 0.6 is 0 Å². The van der Waals surface area contributed by atoms with Crippen molar-refractivity contribution < 1.29 is 4.42 Å². The fourth-order valence-electron chi connectivity index (χ4n) is 5.07. The van der Waals surface area contributed by atoms with Gasteiger partial charge in [0.15, 0.2) is 0 Å². The molecule has 1 aromatic heterocycles. The molecule has 2 nitrogen and oxygen atoms in total. The van der Waals surface area contributed by atoms with Gasteiger partial charge in [0.2, 0.25) is 0 Å². The van der Waals surface area contributed by atoms with Gasteiger partial charge in [-0.3, -0.25) is 0 Å². The predicted molar refractivity (Wildman–Crippen MR) is 115 cm³/mol.